The number of unbranched alkanes of at least 4 members (excludes halogenated alkanes) is 4. The van der Waals surface area contributed by atoms with Crippen LogP contribution in [0.2, 0.25) is 0 Å². The van der Waals surface area contributed by atoms with Crippen molar-refractivity contribution in [3.05, 3.63) is 36.0 Å². The molecule has 0 unspecified atom stereocenters. The lowest BCUT2D eigenvalue weighted by Crippen LogP contribution is -2.00. The second-order valence-electron chi connectivity index (χ2n) is 5.16. The first-order valence-electron chi connectivity index (χ1n) is 7.44. The zero-order valence-electron chi connectivity index (χ0n) is 12.4. The molecule has 1 aromatic carbocycles. The third kappa shape index (κ3) is 3.21. The van der Waals surface area contributed by atoms with Gasteiger partial charge >= 0.3 is 5.97 Å². The molecule has 1 aromatic heterocycles. The Kier molecular flexibility index (Phi) is 5.22. The molecule has 0 amide bonds. The molecule has 0 aliphatic carbocycles. The van der Waals surface area contributed by atoms with Crippen molar-refractivity contribution < 1.29 is 9.53 Å². The molecule has 0 fully saturated rings. The molecule has 0 aliphatic rings. The molecule has 108 valence electrons. The van der Waals surface area contributed by atoms with Gasteiger partial charge in [-0.05, 0) is 12.5 Å². The van der Waals surface area contributed by atoms with Crippen molar-refractivity contribution in [1.29, 1.82) is 0 Å². The number of hydrogen-bond acceptors (Lipinski definition) is 2. The highest BCUT2D eigenvalue weighted by Gasteiger charge is 2.14. The van der Waals surface area contributed by atoms with Crippen LogP contribution in [0.4, 0.5) is 0 Å². The van der Waals surface area contributed by atoms with E-state index in [1.165, 1.54) is 32.8 Å². The number of ether oxygens (including phenoxy) is 1. The largest absolute Gasteiger partial charge is 0.465 e. The van der Waals surface area contributed by atoms with Crippen LogP contribution in [-0.4, -0.2) is 17.6 Å². The molecule has 20 heavy (non-hydrogen) atoms. The van der Waals surface area contributed by atoms with Crippen molar-refractivity contribution >= 4 is 16.9 Å². The van der Waals surface area contributed by atoms with Crippen LogP contribution in [0.1, 0.15) is 49.4 Å². The summed E-state index contributed by atoms with van der Waals surface area (Å²) in [6.07, 6.45) is 8.18. The van der Waals surface area contributed by atoms with E-state index in [1.807, 2.05) is 24.4 Å². The Morgan fingerprint density at radius 3 is 2.65 bits per heavy atom. The van der Waals surface area contributed by atoms with Crippen LogP contribution in [0.5, 0.6) is 0 Å². The van der Waals surface area contributed by atoms with Crippen LogP contribution in [0, 0.1) is 0 Å². The number of para-hydroxylation sites is 1. The van der Waals surface area contributed by atoms with Gasteiger partial charge in [0.15, 0.2) is 0 Å². The first kappa shape index (κ1) is 14.6. The quantitative estimate of drug-likeness (QED) is 0.553. The first-order valence-corrected chi connectivity index (χ1v) is 7.44. The molecule has 3 nitrogen and oxygen atoms in total. The third-order valence-electron chi connectivity index (χ3n) is 3.70. The number of nitrogens with zero attached hydrogens (tertiary/aromatic N) is 1. The number of benzene rings is 1. The number of rotatable bonds is 7. The molecule has 1 heterocycles. The number of fused-ring (bicyclic) bond motifs is 1. The minimum absolute atomic E-state index is 0.258. The third-order valence-corrected chi connectivity index (χ3v) is 3.70. The zero-order valence-corrected chi connectivity index (χ0v) is 12.4. The van der Waals surface area contributed by atoms with Gasteiger partial charge in [-0.25, -0.2) is 4.79 Å². The van der Waals surface area contributed by atoms with Gasteiger partial charge in [0, 0.05) is 23.6 Å². The lowest BCUT2D eigenvalue weighted by atomic mass is 10.1. The fourth-order valence-electron chi connectivity index (χ4n) is 2.59. The molecule has 0 spiro atoms. The number of methoxy groups -OCH3 is 1. The average Bonchev–Trinajstić information content (AvgIpc) is 2.85. The van der Waals surface area contributed by atoms with Crippen molar-refractivity contribution in [3.8, 4) is 0 Å². The summed E-state index contributed by atoms with van der Waals surface area (Å²) < 4.78 is 7.04. The first-order chi connectivity index (χ1) is 9.77. The van der Waals surface area contributed by atoms with Gasteiger partial charge in [0.25, 0.3) is 0 Å². The fraction of sp³-hybridized carbons (Fsp3) is 0.471. The van der Waals surface area contributed by atoms with E-state index in [9.17, 15) is 4.79 Å². The summed E-state index contributed by atoms with van der Waals surface area (Å²) >= 11 is 0. The van der Waals surface area contributed by atoms with E-state index in [1.54, 1.807) is 0 Å². The molecule has 0 saturated carbocycles. The number of carbonyl (C=O) groups excluding carboxylic acids is 1. The summed E-state index contributed by atoms with van der Waals surface area (Å²) in [6, 6.07) is 8.01. The highest BCUT2D eigenvalue weighted by molar-refractivity contribution is 6.04. The molecule has 0 N–H and O–H groups in total. The van der Waals surface area contributed by atoms with Crippen LogP contribution in [-0.2, 0) is 11.3 Å². The maximum atomic E-state index is 11.8. The van der Waals surface area contributed by atoms with Crippen LogP contribution < -0.4 is 0 Å². The Balaban J connectivity index is 2.14. The summed E-state index contributed by atoms with van der Waals surface area (Å²) in [4.78, 5) is 11.8. The minimum Gasteiger partial charge on any atom is -0.465 e. The van der Waals surface area contributed by atoms with Crippen molar-refractivity contribution in [2.75, 3.05) is 7.11 Å². The summed E-state index contributed by atoms with van der Waals surface area (Å²) in [7, 11) is 1.43. The van der Waals surface area contributed by atoms with Gasteiger partial charge in [0.05, 0.1) is 12.7 Å². The van der Waals surface area contributed by atoms with Crippen molar-refractivity contribution in [1.82, 2.24) is 4.57 Å². The Morgan fingerprint density at radius 2 is 1.90 bits per heavy atom. The number of aromatic nitrogens is 1. The summed E-state index contributed by atoms with van der Waals surface area (Å²) in [5.74, 6) is -0.258. The van der Waals surface area contributed by atoms with Gasteiger partial charge < -0.3 is 9.30 Å². The molecule has 0 aliphatic heterocycles. The molecular weight excluding hydrogens is 250 g/mol. The topological polar surface area (TPSA) is 31.2 Å². The number of carbonyl (C=O) groups is 1. The van der Waals surface area contributed by atoms with E-state index in [4.69, 9.17) is 4.74 Å². The smallest absolute Gasteiger partial charge is 0.340 e. The van der Waals surface area contributed by atoms with Gasteiger partial charge in [0.1, 0.15) is 0 Å². The maximum Gasteiger partial charge on any atom is 0.340 e. The Bertz CT molecular complexity index is 571. The molecule has 0 radical (unpaired) electrons. The summed E-state index contributed by atoms with van der Waals surface area (Å²) in [6.45, 7) is 3.18. The molecule has 2 rings (SSSR count). The standard InChI is InChI=1S/C17H23NO2/c1-3-4-5-6-9-12-18-13-15(17(19)20-2)14-10-7-8-11-16(14)18/h7-8,10-11,13H,3-6,9,12H2,1-2H3. The predicted octanol–water partition coefficient (Wildman–Crippen LogP) is 4.40. The number of hydrogen-bond donors (Lipinski definition) is 0. The Morgan fingerprint density at radius 1 is 1.15 bits per heavy atom. The van der Waals surface area contributed by atoms with E-state index in [-0.39, 0.29) is 5.97 Å². The zero-order chi connectivity index (χ0) is 14.4. The maximum absolute atomic E-state index is 11.8. The van der Waals surface area contributed by atoms with Gasteiger partial charge in [0.2, 0.25) is 0 Å². The second-order valence-corrected chi connectivity index (χ2v) is 5.16. The molecular formula is C17H23NO2. The molecule has 3 heteroatoms. The lowest BCUT2D eigenvalue weighted by Gasteiger charge is -2.04. The van der Waals surface area contributed by atoms with E-state index in [2.05, 4.69) is 17.6 Å². The average molecular weight is 273 g/mol. The summed E-state index contributed by atoms with van der Waals surface area (Å²) in [5.41, 5.74) is 1.78. The minimum atomic E-state index is -0.258. The van der Waals surface area contributed by atoms with Crippen molar-refractivity contribution in [2.24, 2.45) is 0 Å². The van der Waals surface area contributed by atoms with E-state index in [0.717, 1.165) is 23.9 Å². The van der Waals surface area contributed by atoms with Gasteiger partial charge in [-0.3, -0.25) is 0 Å². The van der Waals surface area contributed by atoms with Crippen molar-refractivity contribution in [3.63, 3.8) is 0 Å². The SMILES string of the molecule is CCCCCCCn1cc(C(=O)OC)c2ccccc21. The van der Waals surface area contributed by atoms with E-state index in [0.29, 0.717) is 5.56 Å². The molecule has 0 bridgehead atoms. The normalized spacial score (nSPS) is 10.9. The monoisotopic (exact) mass is 273 g/mol. The van der Waals surface area contributed by atoms with Crippen LogP contribution in [0.3, 0.4) is 0 Å². The van der Waals surface area contributed by atoms with Gasteiger partial charge in [-0.1, -0.05) is 50.8 Å². The number of esters is 1. The Labute approximate surface area is 120 Å². The highest BCUT2D eigenvalue weighted by Crippen LogP contribution is 2.22. The molecule has 0 atom stereocenters. The van der Waals surface area contributed by atoms with Crippen LogP contribution >= 0.6 is 0 Å². The fourth-order valence-corrected chi connectivity index (χ4v) is 2.59. The highest BCUT2D eigenvalue weighted by atomic mass is 16.5. The molecule has 0 saturated heterocycles. The predicted molar refractivity (Wildman–Crippen MR) is 82.0 cm³/mol. The van der Waals surface area contributed by atoms with Gasteiger partial charge in [-0.2, -0.15) is 0 Å². The summed E-state index contributed by atoms with van der Waals surface area (Å²) in [5, 5.41) is 0.980. The van der Waals surface area contributed by atoms with Crippen LogP contribution in [0.15, 0.2) is 30.5 Å². The van der Waals surface area contributed by atoms with Gasteiger partial charge in [-0.15, -0.1) is 0 Å². The van der Waals surface area contributed by atoms with E-state index < -0.39 is 0 Å². The Hall–Kier alpha value is -1.77. The second kappa shape index (κ2) is 7.13. The van der Waals surface area contributed by atoms with Crippen LogP contribution in [0.25, 0.3) is 10.9 Å². The molecule has 2 aromatic rings. The van der Waals surface area contributed by atoms with E-state index >= 15 is 0 Å². The number of aryl methyl sites for hydroxylation is 1. The van der Waals surface area contributed by atoms with Crippen molar-refractivity contribution in [2.45, 2.75) is 45.6 Å². The lowest BCUT2D eigenvalue weighted by molar-refractivity contribution is 0.0602.